The first kappa shape index (κ1) is 23.6. The molecule has 5 N–H and O–H groups in total. The van der Waals surface area contributed by atoms with Crippen molar-refractivity contribution < 1.29 is 14.3 Å². The zero-order valence-corrected chi connectivity index (χ0v) is 19.6. The molecule has 178 valence electrons. The van der Waals surface area contributed by atoms with Crippen LogP contribution in [0.1, 0.15) is 10.5 Å². The summed E-state index contributed by atoms with van der Waals surface area (Å²) in [5.74, 6) is 0.464. The number of nitrogens with two attached hydrogens (primary N) is 2. The van der Waals surface area contributed by atoms with E-state index in [-0.39, 0.29) is 17.3 Å². The van der Waals surface area contributed by atoms with Gasteiger partial charge in [-0.1, -0.05) is 24.3 Å². The van der Waals surface area contributed by atoms with Crippen molar-refractivity contribution in [1.82, 2.24) is 9.47 Å². The number of ether oxygens (including phenoxy) is 1. The van der Waals surface area contributed by atoms with E-state index < -0.39 is 5.91 Å². The molecule has 0 aliphatic carbocycles. The number of nitrogen functional groups attached to an aromatic ring is 1. The molecule has 1 aromatic heterocycles. The van der Waals surface area contributed by atoms with Crippen LogP contribution in [0.2, 0.25) is 0 Å². The van der Waals surface area contributed by atoms with Crippen molar-refractivity contribution in [2.45, 2.75) is 0 Å². The molecular weight excluding hydrogens is 442 g/mol. The summed E-state index contributed by atoms with van der Waals surface area (Å²) in [6.07, 6.45) is 3.25. The summed E-state index contributed by atoms with van der Waals surface area (Å²) in [7, 11) is 3.84. The number of hydrogen-bond acceptors (Lipinski definition) is 5. The predicted octanol–water partition coefficient (Wildman–Crippen LogP) is 4.16. The van der Waals surface area contributed by atoms with Gasteiger partial charge in [0.2, 0.25) is 5.91 Å². The van der Waals surface area contributed by atoms with Crippen LogP contribution >= 0.6 is 0 Å². The van der Waals surface area contributed by atoms with Crippen LogP contribution in [0.5, 0.6) is 11.5 Å². The Morgan fingerprint density at radius 1 is 1.00 bits per heavy atom. The van der Waals surface area contributed by atoms with Crippen LogP contribution in [0.4, 0.5) is 11.4 Å². The maximum absolute atomic E-state index is 12.3. The second-order valence-corrected chi connectivity index (χ2v) is 8.26. The molecule has 0 unspecified atom stereocenters. The zero-order valence-electron chi connectivity index (χ0n) is 19.6. The fraction of sp³-hybridized carbons (Fsp3) is 0.111. The Hall–Kier alpha value is -4.56. The third-order valence-corrected chi connectivity index (χ3v) is 5.32. The molecular formula is C27H27N5O3. The Bertz CT molecular complexity index is 1390. The molecule has 0 atom stereocenters. The molecule has 0 aliphatic heterocycles. The van der Waals surface area contributed by atoms with Crippen molar-refractivity contribution in [3.05, 3.63) is 90.6 Å². The van der Waals surface area contributed by atoms with Crippen LogP contribution in [-0.2, 0) is 4.79 Å². The first-order valence-electron chi connectivity index (χ1n) is 11.0. The molecule has 0 spiro atoms. The average Bonchev–Trinajstić information content (AvgIpc) is 3.12. The number of primary amides is 1. The first-order valence-corrected chi connectivity index (χ1v) is 11.0. The van der Waals surface area contributed by atoms with Gasteiger partial charge in [0.15, 0.2) is 0 Å². The molecule has 0 aliphatic rings. The van der Waals surface area contributed by atoms with Gasteiger partial charge in [-0.15, -0.1) is 0 Å². The summed E-state index contributed by atoms with van der Waals surface area (Å²) >= 11 is 0. The highest BCUT2D eigenvalue weighted by Crippen LogP contribution is 2.34. The van der Waals surface area contributed by atoms with Gasteiger partial charge < -0.3 is 31.0 Å². The van der Waals surface area contributed by atoms with Gasteiger partial charge in [-0.2, -0.15) is 0 Å². The number of amides is 2. The zero-order chi connectivity index (χ0) is 24.9. The van der Waals surface area contributed by atoms with Gasteiger partial charge in [0.05, 0.1) is 11.2 Å². The monoisotopic (exact) mass is 469 g/mol. The number of fused-ring (bicyclic) bond motifs is 1. The van der Waals surface area contributed by atoms with Gasteiger partial charge in [0.25, 0.3) is 5.91 Å². The Kier molecular flexibility index (Phi) is 6.84. The molecule has 1 heterocycles. The van der Waals surface area contributed by atoms with E-state index >= 15 is 0 Å². The van der Waals surface area contributed by atoms with Crippen molar-refractivity contribution in [3.8, 4) is 17.2 Å². The lowest BCUT2D eigenvalue weighted by atomic mass is 10.2. The maximum Gasteiger partial charge on any atom is 0.267 e. The third-order valence-electron chi connectivity index (χ3n) is 5.32. The summed E-state index contributed by atoms with van der Waals surface area (Å²) in [4.78, 5) is 26.5. The Balaban J connectivity index is 1.66. The number of rotatable bonds is 8. The highest BCUT2D eigenvalue weighted by Gasteiger charge is 2.21. The molecule has 8 nitrogen and oxygen atoms in total. The molecule has 0 saturated heterocycles. The van der Waals surface area contributed by atoms with Gasteiger partial charge in [-0.3, -0.25) is 9.59 Å². The molecule has 2 amide bonds. The highest BCUT2D eigenvalue weighted by molar-refractivity contribution is 6.10. The lowest BCUT2D eigenvalue weighted by Crippen LogP contribution is -2.17. The van der Waals surface area contributed by atoms with Crippen molar-refractivity contribution >= 4 is 34.1 Å². The molecule has 35 heavy (non-hydrogen) atoms. The van der Waals surface area contributed by atoms with Crippen molar-refractivity contribution in [3.63, 3.8) is 0 Å². The highest BCUT2D eigenvalue weighted by atomic mass is 16.5. The van der Waals surface area contributed by atoms with E-state index in [9.17, 15) is 9.59 Å². The SMILES string of the molecule is CN(C)CC=CC(=O)Nc1ccc2c(c1)c(N)c(C(N)=O)n2-c1ccc(Oc2ccccc2)cc1. The number of nitrogens with one attached hydrogen (secondary N) is 1. The van der Waals surface area contributed by atoms with Crippen LogP contribution < -0.4 is 21.5 Å². The first-order chi connectivity index (χ1) is 16.8. The summed E-state index contributed by atoms with van der Waals surface area (Å²) < 4.78 is 7.57. The van der Waals surface area contributed by atoms with Crippen molar-refractivity contribution in [2.75, 3.05) is 31.7 Å². The maximum atomic E-state index is 12.3. The van der Waals surface area contributed by atoms with Gasteiger partial charge in [0, 0.05) is 29.4 Å². The van der Waals surface area contributed by atoms with Crippen LogP contribution in [0.15, 0.2) is 84.9 Å². The van der Waals surface area contributed by atoms with Gasteiger partial charge in [-0.25, -0.2) is 0 Å². The summed E-state index contributed by atoms with van der Waals surface area (Å²) in [6, 6.07) is 22.0. The topological polar surface area (TPSA) is 116 Å². The second-order valence-electron chi connectivity index (χ2n) is 8.26. The lowest BCUT2D eigenvalue weighted by molar-refractivity contribution is -0.111. The van der Waals surface area contributed by atoms with E-state index in [4.69, 9.17) is 16.2 Å². The number of carbonyl (C=O) groups excluding carboxylic acids is 2. The average molecular weight is 470 g/mol. The molecule has 8 heteroatoms. The molecule has 0 bridgehead atoms. The molecule has 4 rings (SSSR count). The third kappa shape index (κ3) is 5.34. The minimum Gasteiger partial charge on any atom is -0.457 e. The quantitative estimate of drug-likeness (QED) is 0.335. The van der Waals surface area contributed by atoms with E-state index in [1.807, 2.05) is 73.6 Å². The Morgan fingerprint density at radius 3 is 2.34 bits per heavy atom. The Labute approximate surface area is 203 Å². The van der Waals surface area contributed by atoms with E-state index in [1.165, 1.54) is 6.08 Å². The van der Waals surface area contributed by atoms with Crippen molar-refractivity contribution in [2.24, 2.45) is 5.73 Å². The summed E-state index contributed by atoms with van der Waals surface area (Å²) in [6.45, 7) is 0.652. The number of carbonyl (C=O) groups is 2. The minimum atomic E-state index is -0.652. The van der Waals surface area contributed by atoms with E-state index in [1.54, 1.807) is 28.8 Å². The number of nitrogens with zero attached hydrogens (tertiary/aromatic N) is 2. The van der Waals surface area contributed by atoms with E-state index in [0.717, 1.165) is 5.75 Å². The lowest BCUT2D eigenvalue weighted by Gasteiger charge is -2.11. The van der Waals surface area contributed by atoms with Gasteiger partial charge >= 0.3 is 0 Å². The van der Waals surface area contributed by atoms with Gasteiger partial charge in [0.1, 0.15) is 17.2 Å². The minimum absolute atomic E-state index is 0.172. The molecule has 0 radical (unpaired) electrons. The van der Waals surface area contributed by atoms with E-state index in [2.05, 4.69) is 5.32 Å². The summed E-state index contributed by atoms with van der Waals surface area (Å²) in [5, 5.41) is 3.43. The van der Waals surface area contributed by atoms with Gasteiger partial charge in [-0.05, 0) is 68.7 Å². The second kappa shape index (κ2) is 10.1. The largest absolute Gasteiger partial charge is 0.457 e. The van der Waals surface area contributed by atoms with Crippen LogP contribution in [-0.4, -0.2) is 41.9 Å². The van der Waals surface area contributed by atoms with E-state index in [0.29, 0.717) is 34.6 Å². The Morgan fingerprint density at radius 2 is 1.69 bits per heavy atom. The smallest absolute Gasteiger partial charge is 0.267 e. The number of aromatic nitrogens is 1. The number of para-hydroxylation sites is 1. The molecule has 4 aromatic rings. The number of benzene rings is 3. The summed E-state index contributed by atoms with van der Waals surface area (Å²) in [5.41, 5.74) is 14.4. The van der Waals surface area contributed by atoms with Crippen LogP contribution in [0.3, 0.4) is 0 Å². The fourth-order valence-electron chi connectivity index (χ4n) is 3.75. The number of hydrogen-bond donors (Lipinski definition) is 3. The number of anilines is 2. The van der Waals surface area contributed by atoms with Crippen molar-refractivity contribution in [1.29, 1.82) is 0 Å². The molecule has 0 fully saturated rings. The standard InChI is InChI=1S/C27H27N5O3/c1-31(2)16-6-9-24(33)30-18-10-15-23-22(17-18)25(28)26(27(29)34)32(23)19-11-13-21(14-12-19)35-20-7-4-3-5-8-20/h3-15,17H,16,28H2,1-2H3,(H2,29,34)(H,30,33). The van der Waals surface area contributed by atoms with Crippen LogP contribution in [0.25, 0.3) is 16.6 Å². The normalized spacial score (nSPS) is 11.3. The molecule has 0 saturated carbocycles. The number of likely N-dealkylation sites (N-methyl/N-ethyl adjacent to an activating group) is 1. The fourth-order valence-corrected chi connectivity index (χ4v) is 3.75. The predicted molar refractivity (Wildman–Crippen MR) is 139 cm³/mol. The molecule has 3 aromatic carbocycles. The van der Waals surface area contributed by atoms with Crippen LogP contribution in [0, 0.1) is 0 Å².